The van der Waals surface area contributed by atoms with Gasteiger partial charge < -0.3 is 4.90 Å². The van der Waals surface area contributed by atoms with Crippen LogP contribution in [0.5, 0.6) is 0 Å². The molecule has 0 unspecified atom stereocenters. The Morgan fingerprint density at radius 1 is 1.47 bits per heavy atom. The molecule has 2 aromatic rings. The first-order valence-electron chi connectivity index (χ1n) is 5.58. The molecule has 0 spiro atoms. The molecule has 0 bridgehead atoms. The molecule has 0 radical (unpaired) electrons. The number of rotatable bonds is 3. The highest BCUT2D eigenvalue weighted by molar-refractivity contribution is 7.10. The third-order valence-electron chi connectivity index (χ3n) is 2.75. The van der Waals surface area contributed by atoms with Crippen LogP contribution in [-0.4, -0.2) is 22.8 Å². The molecule has 0 saturated carbocycles. The predicted octanol–water partition coefficient (Wildman–Crippen LogP) is 4.03. The highest BCUT2D eigenvalue weighted by atomic mass is 35.5. The molecule has 2 rings (SSSR count). The van der Waals surface area contributed by atoms with Gasteiger partial charge in [-0.3, -0.25) is 4.79 Å². The molecular weight excluding hydrogens is 303 g/mol. The van der Waals surface area contributed by atoms with E-state index in [2.05, 4.69) is 4.98 Å². The van der Waals surface area contributed by atoms with E-state index in [1.807, 2.05) is 18.4 Å². The Bertz CT molecular complexity index is 612. The zero-order valence-corrected chi connectivity index (χ0v) is 12.8. The van der Waals surface area contributed by atoms with Crippen molar-refractivity contribution in [1.29, 1.82) is 0 Å². The number of carbonyl (C=O) groups is 1. The second-order valence-electron chi connectivity index (χ2n) is 4.17. The van der Waals surface area contributed by atoms with Crippen molar-refractivity contribution in [1.82, 2.24) is 9.88 Å². The van der Waals surface area contributed by atoms with Crippen molar-refractivity contribution in [3.63, 3.8) is 0 Å². The largest absolute Gasteiger partial charge is 0.337 e. The molecule has 0 atom stereocenters. The summed E-state index contributed by atoms with van der Waals surface area (Å²) < 4.78 is 0. The Hall–Kier alpha value is -1.10. The van der Waals surface area contributed by atoms with Gasteiger partial charge in [0.1, 0.15) is 5.15 Å². The first kappa shape index (κ1) is 14.3. The number of thiophene rings is 1. The van der Waals surface area contributed by atoms with Crippen LogP contribution in [0.25, 0.3) is 0 Å². The Morgan fingerprint density at radius 2 is 2.21 bits per heavy atom. The van der Waals surface area contributed by atoms with Crippen LogP contribution in [0, 0.1) is 6.92 Å². The van der Waals surface area contributed by atoms with Gasteiger partial charge in [0.15, 0.2) is 0 Å². The third kappa shape index (κ3) is 3.26. The summed E-state index contributed by atoms with van der Waals surface area (Å²) >= 11 is 13.4. The van der Waals surface area contributed by atoms with E-state index in [4.69, 9.17) is 23.2 Å². The maximum Gasteiger partial charge on any atom is 0.255 e. The van der Waals surface area contributed by atoms with Crippen molar-refractivity contribution >= 4 is 40.4 Å². The van der Waals surface area contributed by atoms with Gasteiger partial charge in [0.2, 0.25) is 0 Å². The van der Waals surface area contributed by atoms with Crippen molar-refractivity contribution < 1.29 is 4.79 Å². The third-order valence-corrected chi connectivity index (χ3v) is 4.26. The zero-order chi connectivity index (χ0) is 14.0. The van der Waals surface area contributed by atoms with Crippen molar-refractivity contribution in [3.8, 4) is 0 Å². The number of hydrogen-bond acceptors (Lipinski definition) is 3. The van der Waals surface area contributed by atoms with E-state index in [0.29, 0.717) is 17.1 Å². The lowest BCUT2D eigenvalue weighted by molar-refractivity contribution is 0.0786. The molecule has 3 nitrogen and oxygen atoms in total. The summed E-state index contributed by atoms with van der Waals surface area (Å²) in [5.41, 5.74) is 1.56. The monoisotopic (exact) mass is 314 g/mol. The lowest BCUT2D eigenvalue weighted by Gasteiger charge is -2.17. The van der Waals surface area contributed by atoms with Gasteiger partial charge in [-0.1, -0.05) is 23.2 Å². The molecule has 0 fully saturated rings. The average Bonchev–Trinajstić information content (AvgIpc) is 2.77. The number of halogens is 2. The number of pyridine rings is 1. The van der Waals surface area contributed by atoms with Crippen molar-refractivity contribution in [3.05, 3.63) is 49.9 Å². The number of aromatic nitrogens is 1. The molecule has 0 aromatic carbocycles. The lowest BCUT2D eigenvalue weighted by atomic mass is 10.2. The predicted molar refractivity (Wildman–Crippen MR) is 79.1 cm³/mol. The van der Waals surface area contributed by atoms with Crippen LogP contribution in [0.1, 0.15) is 20.8 Å². The summed E-state index contributed by atoms with van der Waals surface area (Å²) in [6, 6.07) is 3.53. The van der Waals surface area contributed by atoms with Crippen LogP contribution in [0.15, 0.2) is 23.7 Å². The second-order valence-corrected chi connectivity index (χ2v) is 5.97. The van der Waals surface area contributed by atoms with Gasteiger partial charge in [-0.05, 0) is 30.0 Å². The van der Waals surface area contributed by atoms with E-state index >= 15 is 0 Å². The molecular formula is C13H12Cl2N2OS. The van der Waals surface area contributed by atoms with Gasteiger partial charge in [-0.25, -0.2) is 4.98 Å². The Kier molecular flexibility index (Phi) is 4.45. The van der Waals surface area contributed by atoms with E-state index in [1.54, 1.807) is 23.3 Å². The van der Waals surface area contributed by atoms with Crippen molar-refractivity contribution in [2.75, 3.05) is 7.05 Å². The quantitative estimate of drug-likeness (QED) is 0.801. The SMILES string of the molecule is Cc1ccsc1CN(C)C(=O)c1cc(Cl)ncc1Cl. The van der Waals surface area contributed by atoms with E-state index in [1.165, 1.54) is 17.8 Å². The fraction of sp³-hybridized carbons (Fsp3) is 0.231. The standard InChI is InChI=1S/C13H12Cl2N2OS/c1-8-3-4-19-11(8)7-17(2)13(18)9-5-12(15)16-6-10(9)14/h3-6H,7H2,1-2H3. The van der Waals surface area contributed by atoms with Crippen LogP contribution in [0.4, 0.5) is 0 Å². The summed E-state index contributed by atoms with van der Waals surface area (Å²) in [6.45, 7) is 2.58. The highest BCUT2D eigenvalue weighted by Gasteiger charge is 2.17. The molecule has 0 aliphatic carbocycles. The Balaban J connectivity index is 2.19. The topological polar surface area (TPSA) is 33.2 Å². The smallest absolute Gasteiger partial charge is 0.255 e. The average molecular weight is 315 g/mol. The Morgan fingerprint density at radius 3 is 2.84 bits per heavy atom. The minimum absolute atomic E-state index is 0.165. The maximum absolute atomic E-state index is 12.3. The highest BCUT2D eigenvalue weighted by Crippen LogP contribution is 2.22. The molecule has 0 saturated heterocycles. The van der Waals surface area contributed by atoms with Crippen LogP contribution in [0.3, 0.4) is 0 Å². The van der Waals surface area contributed by atoms with Crippen molar-refractivity contribution in [2.45, 2.75) is 13.5 Å². The summed E-state index contributed by atoms with van der Waals surface area (Å²) in [4.78, 5) is 18.9. The summed E-state index contributed by atoms with van der Waals surface area (Å²) in [5.74, 6) is -0.165. The molecule has 0 N–H and O–H groups in total. The van der Waals surface area contributed by atoms with Gasteiger partial charge >= 0.3 is 0 Å². The van der Waals surface area contributed by atoms with Crippen LogP contribution in [-0.2, 0) is 6.54 Å². The lowest BCUT2D eigenvalue weighted by Crippen LogP contribution is -2.26. The van der Waals surface area contributed by atoms with Crippen LogP contribution >= 0.6 is 34.5 Å². The number of amides is 1. The number of aryl methyl sites for hydroxylation is 1. The summed E-state index contributed by atoms with van der Waals surface area (Å²) in [6.07, 6.45) is 1.39. The second kappa shape index (κ2) is 5.90. The molecule has 2 heterocycles. The molecule has 19 heavy (non-hydrogen) atoms. The number of carbonyl (C=O) groups excluding carboxylic acids is 1. The van der Waals surface area contributed by atoms with Gasteiger partial charge in [-0.2, -0.15) is 0 Å². The van der Waals surface area contributed by atoms with E-state index in [-0.39, 0.29) is 11.1 Å². The van der Waals surface area contributed by atoms with Gasteiger partial charge in [0, 0.05) is 18.1 Å². The molecule has 6 heteroatoms. The van der Waals surface area contributed by atoms with E-state index in [0.717, 1.165) is 4.88 Å². The minimum Gasteiger partial charge on any atom is -0.337 e. The minimum atomic E-state index is -0.165. The first-order chi connectivity index (χ1) is 8.99. The van der Waals surface area contributed by atoms with Gasteiger partial charge in [0.05, 0.1) is 17.1 Å². The molecule has 0 aliphatic heterocycles. The normalized spacial score (nSPS) is 10.5. The van der Waals surface area contributed by atoms with Crippen LogP contribution < -0.4 is 0 Å². The number of hydrogen-bond donors (Lipinski definition) is 0. The molecule has 1 amide bonds. The molecule has 2 aromatic heterocycles. The molecule has 100 valence electrons. The fourth-order valence-electron chi connectivity index (χ4n) is 1.64. The molecule has 0 aliphatic rings. The zero-order valence-electron chi connectivity index (χ0n) is 10.5. The van der Waals surface area contributed by atoms with E-state index < -0.39 is 0 Å². The summed E-state index contributed by atoms with van der Waals surface area (Å²) in [5, 5.41) is 2.58. The fourth-order valence-corrected chi connectivity index (χ4v) is 2.94. The number of nitrogens with zero attached hydrogens (tertiary/aromatic N) is 2. The van der Waals surface area contributed by atoms with Gasteiger partial charge in [-0.15, -0.1) is 11.3 Å². The van der Waals surface area contributed by atoms with Crippen LogP contribution in [0.2, 0.25) is 10.2 Å². The summed E-state index contributed by atoms with van der Waals surface area (Å²) in [7, 11) is 1.74. The van der Waals surface area contributed by atoms with E-state index in [9.17, 15) is 4.79 Å². The maximum atomic E-state index is 12.3. The van der Waals surface area contributed by atoms with Gasteiger partial charge in [0.25, 0.3) is 5.91 Å². The first-order valence-corrected chi connectivity index (χ1v) is 7.22. The van der Waals surface area contributed by atoms with Crippen molar-refractivity contribution in [2.24, 2.45) is 0 Å². The Labute approximate surface area is 125 Å².